The monoisotopic (exact) mass is 309 g/mol. The lowest BCUT2D eigenvalue weighted by atomic mass is 10.1. The van der Waals surface area contributed by atoms with E-state index in [0.717, 1.165) is 18.5 Å². The molecule has 0 spiro atoms. The summed E-state index contributed by atoms with van der Waals surface area (Å²) in [6.45, 7) is 1.54. The Bertz CT molecular complexity index is 398. The molecule has 1 aromatic carbocycles. The van der Waals surface area contributed by atoms with Gasteiger partial charge in [0.25, 0.3) is 0 Å². The van der Waals surface area contributed by atoms with Crippen LogP contribution >= 0.6 is 11.6 Å². The van der Waals surface area contributed by atoms with E-state index in [4.69, 9.17) is 16.3 Å². The van der Waals surface area contributed by atoms with Gasteiger partial charge < -0.3 is 10.1 Å². The van der Waals surface area contributed by atoms with Crippen molar-refractivity contribution in [3.8, 4) is 0 Å². The summed E-state index contributed by atoms with van der Waals surface area (Å²) in [5, 5.41) is 3.81. The predicted octanol–water partition coefficient (Wildman–Crippen LogP) is 3.83. The Hall–Kier alpha value is -0.780. The van der Waals surface area contributed by atoms with E-state index in [-0.39, 0.29) is 12.6 Å². The Kier molecular flexibility index (Phi) is 7.34. The van der Waals surface area contributed by atoms with Crippen LogP contribution in [0.3, 0.4) is 0 Å². The van der Waals surface area contributed by atoms with Crippen LogP contribution in [0.1, 0.15) is 18.9 Å². The fraction of sp³-hybridized carbons (Fsp3) is 0.571. The van der Waals surface area contributed by atoms with E-state index in [0.29, 0.717) is 11.4 Å². The van der Waals surface area contributed by atoms with Crippen LogP contribution in [0.4, 0.5) is 13.2 Å². The van der Waals surface area contributed by atoms with Gasteiger partial charge in [-0.3, -0.25) is 0 Å². The van der Waals surface area contributed by atoms with E-state index in [1.807, 2.05) is 25.1 Å². The summed E-state index contributed by atoms with van der Waals surface area (Å²) in [5.41, 5.74) is 0.974. The van der Waals surface area contributed by atoms with Gasteiger partial charge in [-0.1, -0.05) is 30.7 Å². The third kappa shape index (κ3) is 7.72. The average Bonchev–Trinajstić information content (AvgIpc) is 2.34. The molecule has 0 aromatic heterocycles. The van der Waals surface area contributed by atoms with Crippen molar-refractivity contribution in [2.75, 3.05) is 19.8 Å². The highest BCUT2D eigenvalue weighted by Gasteiger charge is 2.27. The second kappa shape index (κ2) is 8.49. The topological polar surface area (TPSA) is 21.3 Å². The average molecular weight is 310 g/mol. The zero-order valence-corrected chi connectivity index (χ0v) is 12.1. The van der Waals surface area contributed by atoms with E-state index < -0.39 is 12.8 Å². The molecule has 0 aliphatic rings. The molecule has 1 atom stereocenters. The van der Waals surface area contributed by atoms with Crippen LogP contribution in [0.2, 0.25) is 5.02 Å². The maximum Gasteiger partial charge on any atom is 0.411 e. The van der Waals surface area contributed by atoms with Gasteiger partial charge in [-0.2, -0.15) is 13.2 Å². The molecule has 1 aromatic rings. The van der Waals surface area contributed by atoms with Crippen molar-refractivity contribution in [1.29, 1.82) is 0 Å². The van der Waals surface area contributed by atoms with Crippen LogP contribution in [-0.4, -0.2) is 32.0 Å². The summed E-state index contributed by atoms with van der Waals surface area (Å²) in [4.78, 5) is 0. The van der Waals surface area contributed by atoms with Crippen molar-refractivity contribution in [1.82, 2.24) is 5.32 Å². The molecule has 6 heteroatoms. The number of alkyl halides is 3. The van der Waals surface area contributed by atoms with Gasteiger partial charge >= 0.3 is 6.18 Å². The van der Waals surface area contributed by atoms with E-state index in [2.05, 4.69) is 5.32 Å². The number of hydrogen-bond donors (Lipinski definition) is 1. The standard InChI is InChI=1S/C14H19ClF3NO/c1-2-6-19-13(9-20-10-14(16,17)18)8-11-4-3-5-12(15)7-11/h3-5,7,13,19H,2,6,8-10H2,1H3. The van der Waals surface area contributed by atoms with E-state index in [1.165, 1.54) is 0 Å². The second-order valence-corrected chi connectivity index (χ2v) is 5.05. The quantitative estimate of drug-likeness (QED) is 0.788. The lowest BCUT2D eigenvalue weighted by Crippen LogP contribution is -2.37. The van der Waals surface area contributed by atoms with Crippen molar-refractivity contribution in [3.63, 3.8) is 0 Å². The molecule has 0 aliphatic heterocycles. The Labute approximate surface area is 122 Å². The molecule has 1 unspecified atom stereocenters. The van der Waals surface area contributed by atoms with Gasteiger partial charge in [-0.05, 0) is 37.1 Å². The molecular formula is C14H19ClF3NO. The minimum absolute atomic E-state index is 0.0199. The van der Waals surface area contributed by atoms with Crippen LogP contribution in [0, 0.1) is 0 Å². The summed E-state index contributed by atoms with van der Waals surface area (Å²) in [6, 6.07) is 7.14. The van der Waals surface area contributed by atoms with E-state index in [9.17, 15) is 13.2 Å². The molecule has 20 heavy (non-hydrogen) atoms. The largest absolute Gasteiger partial charge is 0.411 e. The zero-order chi connectivity index (χ0) is 15.0. The second-order valence-electron chi connectivity index (χ2n) is 4.62. The normalized spacial score (nSPS) is 13.4. The molecular weight excluding hydrogens is 291 g/mol. The molecule has 0 saturated carbocycles. The summed E-state index contributed by atoms with van der Waals surface area (Å²) in [7, 11) is 0. The minimum Gasteiger partial charge on any atom is -0.370 e. The van der Waals surface area contributed by atoms with Crippen molar-refractivity contribution in [2.45, 2.75) is 32.0 Å². The first-order chi connectivity index (χ1) is 9.40. The van der Waals surface area contributed by atoms with Crippen LogP contribution in [0.5, 0.6) is 0 Å². The number of hydrogen-bond acceptors (Lipinski definition) is 2. The number of benzene rings is 1. The highest BCUT2D eigenvalue weighted by atomic mass is 35.5. The van der Waals surface area contributed by atoms with Crippen molar-refractivity contribution < 1.29 is 17.9 Å². The van der Waals surface area contributed by atoms with Gasteiger partial charge in [0, 0.05) is 11.1 Å². The third-order valence-electron chi connectivity index (χ3n) is 2.64. The van der Waals surface area contributed by atoms with Crippen LogP contribution < -0.4 is 5.32 Å². The van der Waals surface area contributed by atoms with Gasteiger partial charge in [0.1, 0.15) is 6.61 Å². The molecule has 0 amide bonds. The van der Waals surface area contributed by atoms with Crippen molar-refractivity contribution in [3.05, 3.63) is 34.9 Å². The Morgan fingerprint density at radius 3 is 2.70 bits per heavy atom. The first-order valence-electron chi connectivity index (χ1n) is 6.53. The lowest BCUT2D eigenvalue weighted by Gasteiger charge is -2.19. The van der Waals surface area contributed by atoms with Gasteiger partial charge in [0.05, 0.1) is 6.61 Å². The molecule has 0 radical (unpaired) electrons. The first-order valence-corrected chi connectivity index (χ1v) is 6.91. The molecule has 0 heterocycles. The lowest BCUT2D eigenvalue weighted by molar-refractivity contribution is -0.175. The van der Waals surface area contributed by atoms with Crippen LogP contribution in [0.25, 0.3) is 0 Å². The van der Waals surface area contributed by atoms with Gasteiger partial charge in [-0.15, -0.1) is 0 Å². The molecule has 0 aliphatic carbocycles. The zero-order valence-electron chi connectivity index (χ0n) is 11.3. The van der Waals surface area contributed by atoms with E-state index in [1.54, 1.807) is 6.07 Å². The SMILES string of the molecule is CCCNC(COCC(F)(F)F)Cc1cccc(Cl)c1. The fourth-order valence-electron chi connectivity index (χ4n) is 1.80. The smallest absolute Gasteiger partial charge is 0.370 e. The van der Waals surface area contributed by atoms with Gasteiger partial charge in [0.15, 0.2) is 0 Å². The van der Waals surface area contributed by atoms with Crippen LogP contribution in [-0.2, 0) is 11.2 Å². The summed E-state index contributed by atoms with van der Waals surface area (Å²) >= 11 is 5.90. The van der Waals surface area contributed by atoms with Crippen molar-refractivity contribution >= 4 is 11.6 Å². The number of ether oxygens (including phenoxy) is 1. The summed E-state index contributed by atoms with van der Waals surface area (Å²) in [6.07, 6.45) is -2.80. The van der Waals surface area contributed by atoms with Gasteiger partial charge in [-0.25, -0.2) is 0 Å². The maximum atomic E-state index is 12.1. The van der Waals surface area contributed by atoms with Crippen molar-refractivity contribution in [2.24, 2.45) is 0 Å². The molecule has 1 N–H and O–H groups in total. The Balaban J connectivity index is 2.50. The Morgan fingerprint density at radius 1 is 1.35 bits per heavy atom. The van der Waals surface area contributed by atoms with Gasteiger partial charge in [0.2, 0.25) is 0 Å². The van der Waals surface area contributed by atoms with Crippen LogP contribution in [0.15, 0.2) is 24.3 Å². The highest BCUT2D eigenvalue weighted by Crippen LogP contribution is 2.16. The Morgan fingerprint density at radius 2 is 2.10 bits per heavy atom. The third-order valence-corrected chi connectivity index (χ3v) is 2.87. The molecule has 2 nitrogen and oxygen atoms in total. The molecule has 0 saturated heterocycles. The highest BCUT2D eigenvalue weighted by molar-refractivity contribution is 6.30. The molecule has 1 rings (SSSR count). The fourth-order valence-corrected chi connectivity index (χ4v) is 2.02. The molecule has 114 valence electrons. The summed E-state index contributed by atoms with van der Waals surface area (Å²) in [5.74, 6) is 0. The number of nitrogens with one attached hydrogen (secondary N) is 1. The predicted molar refractivity (Wildman–Crippen MR) is 74.1 cm³/mol. The number of halogens is 4. The summed E-state index contributed by atoms with van der Waals surface area (Å²) < 4.78 is 41.0. The first kappa shape index (κ1) is 17.3. The minimum atomic E-state index is -4.29. The molecule has 0 bridgehead atoms. The number of rotatable bonds is 8. The van der Waals surface area contributed by atoms with E-state index >= 15 is 0 Å². The molecule has 0 fully saturated rings. The maximum absolute atomic E-state index is 12.1.